The van der Waals surface area contributed by atoms with E-state index >= 15 is 0 Å². The normalized spacial score (nSPS) is 17.3. The molecule has 94 valence electrons. The number of hydrogen-bond acceptors (Lipinski definition) is 2. The maximum absolute atomic E-state index is 5.96. The van der Waals surface area contributed by atoms with Gasteiger partial charge < -0.3 is 10.2 Å². The molecule has 0 aliphatic carbocycles. The molecule has 0 radical (unpaired) electrons. The highest BCUT2D eigenvalue weighted by Gasteiger charge is 2.08. The smallest absolute Gasteiger partial charge is 0.0408 e. The molecule has 17 heavy (non-hydrogen) atoms. The van der Waals surface area contributed by atoms with Gasteiger partial charge in [0, 0.05) is 31.2 Å². The lowest BCUT2D eigenvalue weighted by molar-refractivity contribution is 0.238. The molecule has 1 fully saturated rings. The van der Waals surface area contributed by atoms with Gasteiger partial charge in [-0.2, -0.15) is 0 Å². The van der Waals surface area contributed by atoms with Crippen LogP contribution in [-0.2, 0) is 6.42 Å². The summed E-state index contributed by atoms with van der Waals surface area (Å²) in [6.45, 7) is 8.02. The molecule has 1 aromatic rings. The summed E-state index contributed by atoms with van der Waals surface area (Å²) in [5.41, 5.74) is 2.75. The minimum absolute atomic E-state index is 0.841. The molecule has 1 aliphatic heterocycles. The first-order valence-electron chi connectivity index (χ1n) is 6.44. The van der Waals surface area contributed by atoms with Crippen LogP contribution in [0.3, 0.4) is 0 Å². The second-order valence-electron chi connectivity index (χ2n) is 4.77. The average molecular weight is 253 g/mol. The minimum atomic E-state index is 0.841. The highest BCUT2D eigenvalue weighted by Crippen LogP contribution is 2.16. The lowest BCUT2D eigenvalue weighted by atomic mass is 10.0. The largest absolute Gasteiger partial charge is 0.314 e. The third kappa shape index (κ3) is 3.98. The van der Waals surface area contributed by atoms with Crippen LogP contribution in [-0.4, -0.2) is 37.6 Å². The summed E-state index contributed by atoms with van der Waals surface area (Å²) >= 11 is 5.96. The van der Waals surface area contributed by atoms with Crippen molar-refractivity contribution in [1.29, 1.82) is 0 Å². The fourth-order valence-corrected chi connectivity index (χ4v) is 2.59. The first-order valence-corrected chi connectivity index (χ1v) is 6.81. The van der Waals surface area contributed by atoms with Crippen LogP contribution in [0.4, 0.5) is 0 Å². The molecular formula is C14H21ClN2. The Morgan fingerprint density at radius 1 is 1.29 bits per heavy atom. The second-order valence-corrected chi connectivity index (χ2v) is 5.20. The van der Waals surface area contributed by atoms with Crippen molar-refractivity contribution >= 4 is 11.6 Å². The summed E-state index contributed by atoms with van der Waals surface area (Å²) in [7, 11) is 0. The molecule has 0 bridgehead atoms. The van der Waals surface area contributed by atoms with Crippen molar-refractivity contribution < 1.29 is 0 Å². The minimum Gasteiger partial charge on any atom is -0.314 e. The molecule has 0 spiro atoms. The Morgan fingerprint density at radius 2 is 2.06 bits per heavy atom. The van der Waals surface area contributed by atoms with E-state index < -0.39 is 0 Å². The summed E-state index contributed by atoms with van der Waals surface area (Å²) in [6.07, 6.45) is 2.40. The summed E-state index contributed by atoms with van der Waals surface area (Å²) in [5, 5.41) is 4.22. The van der Waals surface area contributed by atoms with Gasteiger partial charge in [0.1, 0.15) is 0 Å². The van der Waals surface area contributed by atoms with Crippen LogP contribution in [0.1, 0.15) is 17.5 Å². The molecule has 0 amide bonds. The molecule has 1 N–H and O–H groups in total. The van der Waals surface area contributed by atoms with E-state index in [2.05, 4.69) is 29.3 Å². The van der Waals surface area contributed by atoms with Gasteiger partial charge in [0.05, 0.1) is 0 Å². The fourth-order valence-electron chi connectivity index (χ4n) is 2.37. The monoisotopic (exact) mass is 252 g/mol. The van der Waals surface area contributed by atoms with Gasteiger partial charge in [-0.15, -0.1) is 0 Å². The van der Waals surface area contributed by atoms with Gasteiger partial charge in [-0.3, -0.25) is 0 Å². The maximum Gasteiger partial charge on any atom is 0.0408 e. The van der Waals surface area contributed by atoms with E-state index in [0.717, 1.165) is 24.5 Å². The quantitative estimate of drug-likeness (QED) is 0.886. The molecule has 1 saturated heterocycles. The number of nitrogens with zero attached hydrogens (tertiary/aromatic N) is 1. The van der Waals surface area contributed by atoms with E-state index in [0.29, 0.717) is 0 Å². The van der Waals surface area contributed by atoms with Gasteiger partial charge in [-0.05, 0) is 49.6 Å². The Labute approximate surface area is 109 Å². The SMILES string of the molecule is Cc1cc(Cl)ccc1CCCN1CCNCC1. The van der Waals surface area contributed by atoms with Crippen molar-refractivity contribution in [2.45, 2.75) is 19.8 Å². The van der Waals surface area contributed by atoms with Crippen LogP contribution in [0.25, 0.3) is 0 Å². The topological polar surface area (TPSA) is 15.3 Å². The van der Waals surface area contributed by atoms with Crippen molar-refractivity contribution in [3.63, 3.8) is 0 Å². The summed E-state index contributed by atoms with van der Waals surface area (Å²) < 4.78 is 0. The molecule has 3 heteroatoms. The lowest BCUT2D eigenvalue weighted by Gasteiger charge is -2.27. The number of rotatable bonds is 4. The third-order valence-electron chi connectivity index (χ3n) is 3.43. The van der Waals surface area contributed by atoms with Gasteiger partial charge in [0.15, 0.2) is 0 Å². The number of piperazine rings is 1. The van der Waals surface area contributed by atoms with Gasteiger partial charge in [0.25, 0.3) is 0 Å². The van der Waals surface area contributed by atoms with Crippen LogP contribution < -0.4 is 5.32 Å². The standard InChI is InChI=1S/C14H21ClN2/c1-12-11-14(15)5-4-13(12)3-2-8-17-9-6-16-7-10-17/h4-5,11,16H,2-3,6-10H2,1H3. The van der Waals surface area contributed by atoms with E-state index in [1.165, 1.54) is 37.2 Å². The Bertz CT molecular complexity index is 359. The Balaban J connectivity index is 1.77. The van der Waals surface area contributed by atoms with Crippen molar-refractivity contribution in [2.75, 3.05) is 32.7 Å². The molecule has 0 saturated carbocycles. The second kappa shape index (κ2) is 6.39. The summed E-state index contributed by atoms with van der Waals surface area (Å²) in [4.78, 5) is 2.54. The Hall–Kier alpha value is -0.570. The number of nitrogens with one attached hydrogen (secondary N) is 1. The average Bonchev–Trinajstić information content (AvgIpc) is 2.33. The molecule has 0 atom stereocenters. The van der Waals surface area contributed by atoms with E-state index in [-0.39, 0.29) is 0 Å². The highest BCUT2D eigenvalue weighted by atomic mass is 35.5. The van der Waals surface area contributed by atoms with Crippen molar-refractivity contribution in [3.8, 4) is 0 Å². The van der Waals surface area contributed by atoms with E-state index in [1.807, 2.05) is 6.07 Å². The Morgan fingerprint density at radius 3 is 2.76 bits per heavy atom. The fraction of sp³-hybridized carbons (Fsp3) is 0.571. The van der Waals surface area contributed by atoms with Gasteiger partial charge in [-0.25, -0.2) is 0 Å². The van der Waals surface area contributed by atoms with Crippen molar-refractivity contribution in [3.05, 3.63) is 34.3 Å². The molecule has 2 nitrogen and oxygen atoms in total. The number of benzene rings is 1. The number of hydrogen-bond donors (Lipinski definition) is 1. The van der Waals surface area contributed by atoms with Crippen molar-refractivity contribution in [2.24, 2.45) is 0 Å². The molecule has 1 heterocycles. The zero-order chi connectivity index (χ0) is 12.1. The number of aryl methyl sites for hydroxylation is 2. The zero-order valence-corrected chi connectivity index (χ0v) is 11.3. The van der Waals surface area contributed by atoms with Crippen LogP contribution >= 0.6 is 11.6 Å². The third-order valence-corrected chi connectivity index (χ3v) is 3.67. The molecule has 1 aliphatic rings. The molecule has 2 rings (SSSR count). The van der Waals surface area contributed by atoms with Crippen LogP contribution in [0.15, 0.2) is 18.2 Å². The number of halogens is 1. The molecule has 1 aromatic carbocycles. The van der Waals surface area contributed by atoms with Crippen LogP contribution in [0.5, 0.6) is 0 Å². The van der Waals surface area contributed by atoms with E-state index in [1.54, 1.807) is 0 Å². The summed E-state index contributed by atoms with van der Waals surface area (Å²) in [6, 6.07) is 6.21. The summed E-state index contributed by atoms with van der Waals surface area (Å²) in [5.74, 6) is 0. The molecular weight excluding hydrogens is 232 g/mol. The maximum atomic E-state index is 5.96. The first-order chi connectivity index (χ1) is 8.25. The van der Waals surface area contributed by atoms with Crippen LogP contribution in [0.2, 0.25) is 5.02 Å². The molecule has 0 aromatic heterocycles. The van der Waals surface area contributed by atoms with Gasteiger partial charge in [0.2, 0.25) is 0 Å². The highest BCUT2D eigenvalue weighted by molar-refractivity contribution is 6.30. The first kappa shape index (κ1) is 12.9. The zero-order valence-electron chi connectivity index (χ0n) is 10.5. The van der Waals surface area contributed by atoms with Crippen molar-refractivity contribution in [1.82, 2.24) is 10.2 Å². The van der Waals surface area contributed by atoms with Gasteiger partial charge in [-0.1, -0.05) is 17.7 Å². The lowest BCUT2D eigenvalue weighted by Crippen LogP contribution is -2.43. The van der Waals surface area contributed by atoms with Gasteiger partial charge >= 0.3 is 0 Å². The van der Waals surface area contributed by atoms with E-state index in [4.69, 9.17) is 11.6 Å². The molecule has 0 unspecified atom stereocenters. The predicted molar refractivity (Wildman–Crippen MR) is 73.8 cm³/mol. The Kier molecular flexibility index (Phi) is 4.84. The van der Waals surface area contributed by atoms with E-state index in [9.17, 15) is 0 Å². The predicted octanol–water partition coefficient (Wildman–Crippen LogP) is 2.49. The van der Waals surface area contributed by atoms with Crippen LogP contribution in [0, 0.1) is 6.92 Å².